The van der Waals surface area contributed by atoms with Crippen molar-refractivity contribution in [3.05, 3.63) is 35.9 Å². The Morgan fingerprint density at radius 2 is 1.85 bits per heavy atom. The van der Waals surface area contributed by atoms with Gasteiger partial charge in [-0.15, -0.1) is 0 Å². The number of hydrogen-bond donors (Lipinski definition) is 0. The van der Waals surface area contributed by atoms with Crippen LogP contribution in [0, 0.1) is 5.92 Å². The maximum Gasteiger partial charge on any atom is 0.316 e. The fourth-order valence-electron chi connectivity index (χ4n) is 4.45. The molecule has 0 bridgehead atoms. The minimum absolute atomic E-state index is 0.0146. The summed E-state index contributed by atoms with van der Waals surface area (Å²) in [6.07, 6.45) is 5.07. The number of piperidine rings is 1. The molecule has 6 heteroatoms. The van der Waals surface area contributed by atoms with Crippen LogP contribution in [0.3, 0.4) is 0 Å². The van der Waals surface area contributed by atoms with E-state index >= 15 is 0 Å². The highest BCUT2D eigenvalue weighted by Gasteiger charge is 2.46. The van der Waals surface area contributed by atoms with E-state index in [1.807, 2.05) is 30.3 Å². The van der Waals surface area contributed by atoms with Crippen molar-refractivity contribution in [3.63, 3.8) is 0 Å². The molecule has 1 saturated carbocycles. The van der Waals surface area contributed by atoms with Crippen LogP contribution in [0.1, 0.15) is 57.9 Å². The van der Waals surface area contributed by atoms with Gasteiger partial charge < -0.3 is 4.74 Å². The molecule has 0 N–H and O–H groups in total. The Morgan fingerprint density at radius 1 is 1.19 bits per heavy atom. The third-order valence-electron chi connectivity index (χ3n) is 6.21. The van der Waals surface area contributed by atoms with Crippen molar-refractivity contribution < 1.29 is 17.9 Å². The van der Waals surface area contributed by atoms with Crippen LogP contribution in [0.4, 0.5) is 0 Å². The summed E-state index contributed by atoms with van der Waals surface area (Å²) in [5.74, 6) is 0.498. The zero-order valence-corrected chi connectivity index (χ0v) is 17.2. The van der Waals surface area contributed by atoms with Crippen LogP contribution >= 0.6 is 0 Å². The van der Waals surface area contributed by atoms with Gasteiger partial charge in [-0.1, -0.05) is 43.7 Å². The number of hydrogen-bond acceptors (Lipinski definition) is 4. The van der Waals surface area contributed by atoms with Gasteiger partial charge in [-0.3, -0.25) is 4.79 Å². The summed E-state index contributed by atoms with van der Waals surface area (Å²) in [6.45, 7) is 4.59. The molecule has 2 unspecified atom stereocenters. The topological polar surface area (TPSA) is 63.7 Å². The SMILES string of the molecule is CCS(=O)(=O)N1CCC(C(=O)OC2CCCC(C)C2)(c2ccccc2)CC1. The average Bonchev–Trinajstić information content (AvgIpc) is 2.68. The van der Waals surface area contributed by atoms with Gasteiger partial charge in [-0.25, -0.2) is 12.7 Å². The van der Waals surface area contributed by atoms with Crippen LogP contribution in [0.25, 0.3) is 0 Å². The minimum atomic E-state index is -3.23. The maximum absolute atomic E-state index is 13.3. The molecule has 150 valence electrons. The lowest BCUT2D eigenvalue weighted by Gasteiger charge is -2.41. The van der Waals surface area contributed by atoms with Crippen molar-refractivity contribution in [2.45, 2.75) is 63.9 Å². The highest BCUT2D eigenvalue weighted by Crippen LogP contribution is 2.39. The molecule has 3 rings (SSSR count). The molecular formula is C21H31NO4S. The molecule has 2 atom stereocenters. The van der Waals surface area contributed by atoms with E-state index in [-0.39, 0.29) is 17.8 Å². The first-order valence-corrected chi connectivity index (χ1v) is 11.7. The van der Waals surface area contributed by atoms with Crippen LogP contribution < -0.4 is 0 Å². The van der Waals surface area contributed by atoms with E-state index in [4.69, 9.17) is 4.74 Å². The summed E-state index contributed by atoms with van der Waals surface area (Å²) in [7, 11) is -3.23. The van der Waals surface area contributed by atoms with Crippen molar-refractivity contribution >= 4 is 16.0 Å². The lowest BCUT2D eigenvalue weighted by Crippen LogP contribution is -2.50. The maximum atomic E-state index is 13.3. The second-order valence-corrected chi connectivity index (χ2v) is 10.3. The van der Waals surface area contributed by atoms with Gasteiger partial charge >= 0.3 is 5.97 Å². The number of carbonyl (C=O) groups excluding carboxylic acids is 1. The van der Waals surface area contributed by atoms with Gasteiger partial charge in [-0.05, 0) is 50.5 Å². The Hall–Kier alpha value is -1.40. The van der Waals surface area contributed by atoms with Crippen LogP contribution in [-0.2, 0) is 25.0 Å². The van der Waals surface area contributed by atoms with Gasteiger partial charge in [0.2, 0.25) is 10.0 Å². The normalized spacial score (nSPS) is 26.4. The van der Waals surface area contributed by atoms with E-state index in [0.717, 1.165) is 24.8 Å². The molecule has 1 aliphatic heterocycles. The number of nitrogens with zero attached hydrogens (tertiary/aromatic N) is 1. The number of esters is 1. The van der Waals surface area contributed by atoms with E-state index in [1.54, 1.807) is 6.92 Å². The fraction of sp³-hybridized carbons (Fsp3) is 0.667. The van der Waals surface area contributed by atoms with E-state index in [1.165, 1.54) is 10.7 Å². The van der Waals surface area contributed by atoms with Crippen LogP contribution in [-0.4, -0.2) is 43.6 Å². The quantitative estimate of drug-likeness (QED) is 0.719. The first kappa shape index (κ1) is 20.3. The summed E-state index contributed by atoms with van der Waals surface area (Å²) >= 11 is 0. The Kier molecular flexibility index (Phi) is 6.26. The summed E-state index contributed by atoms with van der Waals surface area (Å²) in [6, 6.07) is 9.73. The second-order valence-electron chi connectivity index (χ2n) is 8.05. The van der Waals surface area contributed by atoms with Gasteiger partial charge in [0.1, 0.15) is 6.10 Å². The smallest absolute Gasteiger partial charge is 0.316 e. The van der Waals surface area contributed by atoms with Crippen molar-refractivity contribution in [3.8, 4) is 0 Å². The molecule has 2 fully saturated rings. The first-order chi connectivity index (χ1) is 12.9. The van der Waals surface area contributed by atoms with E-state index in [9.17, 15) is 13.2 Å². The second kappa shape index (κ2) is 8.31. The monoisotopic (exact) mass is 393 g/mol. The Balaban J connectivity index is 1.81. The number of carbonyl (C=O) groups is 1. The third kappa shape index (κ3) is 4.37. The van der Waals surface area contributed by atoms with Crippen molar-refractivity contribution in [1.82, 2.24) is 4.31 Å². The fourth-order valence-corrected chi connectivity index (χ4v) is 5.55. The first-order valence-electron chi connectivity index (χ1n) is 10.1. The Morgan fingerprint density at radius 3 is 2.44 bits per heavy atom. The third-order valence-corrected chi connectivity index (χ3v) is 8.09. The molecule has 1 aromatic carbocycles. The lowest BCUT2D eigenvalue weighted by molar-refractivity contribution is -0.160. The minimum Gasteiger partial charge on any atom is -0.462 e. The molecule has 1 saturated heterocycles. The van der Waals surface area contributed by atoms with Crippen LogP contribution in [0.5, 0.6) is 0 Å². The highest BCUT2D eigenvalue weighted by molar-refractivity contribution is 7.89. The van der Waals surface area contributed by atoms with Gasteiger partial charge in [0.05, 0.1) is 11.2 Å². The Bertz CT molecular complexity index is 739. The predicted octanol–water partition coefficient (Wildman–Crippen LogP) is 3.49. The predicted molar refractivity (Wildman–Crippen MR) is 106 cm³/mol. The van der Waals surface area contributed by atoms with E-state index in [2.05, 4.69) is 6.92 Å². The van der Waals surface area contributed by atoms with Gasteiger partial charge in [-0.2, -0.15) is 0 Å². The summed E-state index contributed by atoms with van der Waals surface area (Å²) in [5.41, 5.74) is 0.189. The van der Waals surface area contributed by atoms with E-state index < -0.39 is 15.4 Å². The van der Waals surface area contributed by atoms with Gasteiger partial charge in [0, 0.05) is 13.1 Å². The van der Waals surface area contributed by atoms with Gasteiger partial charge in [0.25, 0.3) is 0 Å². The highest BCUT2D eigenvalue weighted by atomic mass is 32.2. The van der Waals surface area contributed by atoms with Crippen molar-refractivity contribution in [2.24, 2.45) is 5.92 Å². The van der Waals surface area contributed by atoms with Crippen LogP contribution in [0.15, 0.2) is 30.3 Å². The zero-order valence-electron chi connectivity index (χ0n) is 16.4. The lowest BCUT2D eigenvalue weighted by atomic mass is 9.73. The summed E-state index contributed by atoms with van der Waals surface area (Å²) in [5, 5.41) is 0. The molecule has 1 aromatic rings. The molecule has 1 aliphatic carbocycles. The number of sulfonamides is 1. The summed E-state index contributed by atoms with van der Waals surface area (Å²) in [4.78, 5) is 13.3. The van der Waals surface area contributed by atoms with Crippen LogP contribution in [0.2, 0.25) is 0 Å². The largest absolute Gasteiger partial charge is 0.462 e. The van der Waals surface area contributed by atoms with Crippen molar-refractivity contribution in [1.29, 1.82) is 0 Å². The number of rotatable bonds is 5. The average molecular weight is 394 g/mol. The van der Waals surface area contributed by atoms with Gasteiger partial charge in [0.15, 0.2) is 0 Å². The molecule has 2 aliphatic rings. The standard InChI is InChI=1S/C21H31NO4S/c1-3-27(24,25)22-14-12-21(13-15-22,18-9-5-4-6-10-18)20(23)26-19-11-7-8-17(2)16-19/h4-6,9-10,17,19H,3,7-8,11-16H2,1-2H3. The number of benzene rings is 1. The zero-order chi connectivity index (χ0) is 19.5. The van der Waals surface area contributed by atoms with Crippen molar-refractivity contribution in [2.75, 3.05) is 18.8 Å². The molecule has 27 heavy (non-hydrogen) atoms. The number of ether oxygens (including phenoxy) is 1. The Labute approximate surface area is 163 Å². The summed E-state index contributed by atoms with van der Waals surface area (Å²) < 4.78 is 32.0. The molecule has 0 radical (unpaired) electrons. The van der Waals surface area contributed by atoms with E-state index in [0.29, 0.717) is 31.8 Å². The molecule has 0 aromatic heterocycles. The molecule has 5 nitrogen and oxygen atoms in total. The molecule has 0 amide bonds. The molecule has 0 spiro atoms. The molecule has 1 heterocycles. The molecular weight excluding hydrogens is 362 g/mol.